The van der Waals surface area contributed by atoms with Crippen molar-refractivity contribution < 1.29 is 9.50 Å². The Hall–Kier alpha value is -1.19. The van der Waals surface area contributed by atoms with Crippen LogP contribution in [0.15, 0.2) is 36.4 Å². The Labute approximate surface area is 101 Å². The number of halogens is 1. The Kier molecular flexibility index (Phi) is 4.29. The van der Waals surface area contributed by atoms with Crippen molar-refractivity contribution in [3.8, 4) is 0 Å². The van der Waals surface area contributed by atoms with Crippen molar-refractivity contribution in [1.82, 2.24) is 5.32 Å². The zero-order valence-electron chi connectivity index (χ0n) is 9.77. The van der Waals surface area contributed by atoms with Gasteiger partial charge >= 0.3 is 0 Å². The standard InChI is InChI=1S/C14H18FNO/c15-13-9-5-4-8-12(13)14(17)10-16-11-6-2-1-3-7-11/h1-2,4-5,8-9,11,14,16-17H,3,6-7,10H2. The first-order valence-corrected chi connectivity index (χ1v) is 6.08. The molecule has 92 valence electrons. The normalized spacial score (nSPS) is 21.4. The topological polar surface area (TPSA) is 32.3 Å². The molecular formula is C14H18FNO. The van der Waals surface area contributed by atoms with Crippen LogP contribution in [0.1, 0.15) is 30.9 Å². The van der Waals surface area contributed by atoms with E-state index in [4.69, 9.17) is 0 Å². The molecule has 2 unspecified atom stereocenters. The van der Waals surface area contributed by atoms with Crippen LogP contribution < -0.4 is 5.32 Å². The molecular weight excluding hydrogens is 217 g/mol. The summed E-state index contributed by atoms with van der Waals surface area (Å²) in [5, 5.41) is 13.2. The van der Waals surface area contributed by atoms with Gasteiger partial charge in [-0.1, -0.05) is 30.4 Å². The zero-order valence-corrected chi connectivity index (χ0v) is 9.77. The molecule has 2 atom stereocenters. The lowest BCUT2D eigenvalue weighted by atomic mass is 10.0. The summed E-state index contributed by atoms with van der Waals surface area (Å²) in [6, 6.07) is 6.78. The summed E-state index contributed by atoms with van der Waals surface area (Å²) in [4.78, 5) is 0. The van der Waals surface area contributed by atoms with Crippen LogP contribution in [0.25, 0.3) is 0 Å². The van der Waals surface area contributed by atoms with Crippen molar-refractivity contribution in [3.63, 3.8) is 0 Å². The first-order valence-electron chi connectivity index (χ1n) is 6.08. The van der Waals surface area contributed by atoms with Crippen molar-refractivity contribution in [1.29, 1.82) is 0 Å². The largest absolute Gasteiger partial charge is 0.387 e. The van der Waals surface area contributed by atoms with E-state index in [1.54, 1.807) is 18.2 Å². The number of benzene rings is 1. The molecule has 0 aliphatic heterocycles. The molecule has 0 spiro atoms. The van der Waals surface area contributed by atoms with Crippen molar-refractivity contribution in [2.75, 3.05) is 6.54 Å². The van der Waals surface area contributed by atoms with E-state index in [-0.39, 0.29) is 5.82 Å². The van der Waals surface area contributed by atoms with Crippen molar-refractivity contribution >= 4 is 0 Å². The molecule has 2 rings (SSSR count). The van der Waals surface area contributed by atoms with Crippen LogP contribution in [-0.2, 0) is 0 Å². The average Bonchev–Trinajstić information content (AvgIpc) is 2.38. The number of hydrogen-bond donors (Lipinski definition) is 2. The molecule has 0 heterocycles. The van der Waals surface area contributed by atoms with Crippen molar-refractivity contribution in [2.45, 2.75) is 31.4 Å². The van der Waals surface area contributed by atoms with Gasteiger partial charge in [-0.3, -0.25) is 0 Å². The van der Waals surface area contributed by atoms with Gasteiger partial charge in [-0.05, 0) is 25.3 Å². The number of nitrogens with one attached hydrogen (secondary N) is 1. The first-order chi connectivity index (χ1) is 8.27. The van der Waals surface area contributed by atoms with Crippen LogP contribution in [0.4, 0.5) is 4.39 Å². The van der Waals surface area contributed by atoms with Crippen LogP contribution in [0, 0.1) is 5.82 Å². The third-order valence-corrected chi connectivity index (χ3v) is 3.13. The molecule has 1 aliphatic rings. The van der Waals surface area contributed by atoms with Gasteiger partial charge in [0.25, 0.3) is 0 Å². The molecule has 0 fully saturated rings. The summed E-state index contributed by atoms with van der Waals surface area (Å²) in [7, 11) is 0. The van der Waals surface area contributed by atoms with Gasteiger partial charge < -0.3 is 10.4 Å². The quantitative estimate of drug-likeness (QED) is 0.786. The predicted octanol–water partition coefficient (Wildman–Crippen LogP) is 2.56. The lowest BCUT2D eigenvalue weighted by Gasteiger charge is -2.21. The monoisotopic (exact) mass is 235 g/mol. The fourth-order valence-corrected chi connectivity index (χ4v) is 2.11. The van der Waals surface area contributed by atoms with Crippen LogP contribution in [0.5, 0.6) is 0 Å². The summed E-state index contributed by atoms with van der Waals surface area (Å²) in [6.45, 7) is 0.402. The van der Waals surface area contributed by atoms with E-state index in [2.05, 4.69) is 17.5 Å². The lowest BCUT2D eigenvalue weighted by molar-refractivity contribution is 0.164. The fourth-order valence-electron chi connectivity index (χ4n) is 2.11. The van der Waals surface area contributed by atoms with Crippen LogP contribution in [0.2, 0.25) is 0 Å². The number of aliphatic hydroxyl groups excluding tert-OH is 1. The highest BCUT2D eigenvalue weighted by atomic mass is 19.1. The Morgan fingerprint density at radius 3 is 2.88 bits per heavy atom. The first kappa shape index (κ1) is 12.3. The predicted molar refractivity (Wildman–Crippen MR) is 66.1 cm³/mol. The van der Waals surface area contributed by atoms with Crippen LogP contribution in [-0.4, -0.2) is 17.7 Å². The maximum absolute atomic E-state index is 13.4. The number of hydrogen-bond acceptors (Lipinski definition) is 2. The Balaban J connectivity index is 1.87. The third-order valence-electron chi connectivity index (χ3n) is 3.13. The van der Waals surface area contributed by atoms with Gasteiger partial charge in [0, 0.05) is 18.2 Å². The van der Waals surface area contributed by atoms with Crippen LogP contribution in [0.3, 0.4) is 0 Å². The van der Waals surface area contributed by atoms with Gasteiger partial charge in [0.2, 0.25) is 0 Å². The van der Waals surface area contributed by atoms with E-state index in [0.717, 1.165) is 19.3 Å². The minimum Gasteiger partial charge on any atom is -0.387 e. The summed E-state index contributed by atoms with van der Waals surface area (Å²) in [6.07, 6.45) is 6.70. The number of allylic oxidation sites excluding steroid dienone is 1. The molecule has 0 aromatic heterocycles. The molecule has 1 aromatic rings. The van der Waals surface area contributed by atoms with Gasteiger partial charge in [0.15, 0.2) is 0 Å². The van der Waals surface area contributed by atoms with Crippen molar-refractivity contribution in [2.24, 2.45) is 0 Å². The minimum absolute atomic E-state index is 0.342. The molecule has 0 bridgehead atoms. The van der Waals surface area contributed by atoms with E-state index in [9.17, 15) is 9.50 Å². The molecule has 1 aliphatic carbocycles. The summed E-state index contributed by atoms with van der Waals surface area (Å²) < 4.78 is 13.4. The second kappa shape index (κ2) is 5.94. The molecule has 3 heteroatoms. The third kappa shape index (κ3) is 3.38. The molecule has 2 N–H and O–H groups in total. The maximum atomic E-state index is 13.4. The van der Waals surface area contributed by atoms with Gasteiger partial charge in [-0.25, -0.2) is 4.39 Å². The molecule has 0 amide bonds. The minimum atomic E-state index is -0.776. The van der Waals surface area contributed by atoms with Gasteiger partial charge in [-0.15, -0.1) is 0 Å². The lowest BCUT2D eigenvalue weighted by Crippen LogP contribution is -2.33. The summed E-state index contributed by atoms with van der Waals surface area (Å²) >= 11 is 0. The average molecular weight is 235 g/mol. The van der Waals surface area contributed by atoms with E-state index in [0.29, 0.717) is 18.2 Å². The molecule has 17 heavy (non-hydrogen) atoms. The summed E-state index contributed by atoms with van der Waals surface area (Å²) in [5.41, 5.74) is 0.367. The van der Waals surface area contributed by atoms with Crippen molar-refractivity contribution in [3.05, 3.63) is 47.8 Å². The Morgan fingerprint density at radius 2 is 2.18 bits per heavy atom. The van der Waals surface area contributed by atoms with E-state index < -0.39 is 6.10 Å². The smallest absolute Gasteiger partial charge is 0.129 e. The maximum Gasteiger partial charge on any atom is 0.129 e. The highest BCUT2D eigenvalue weighted by Crippen LogP contribution is 2.17. The molecule has 1 aromatic carbocycles. The zero-order chi connectivity index (χ0) is 12.1. The van der Waals surface area contributed by atoms with Gasteiger partial charge in [0.05, 0.1) is 6.10 Å². The molecule has 2 nitrogen and oxygen atoms in total. The Bertz CT molecular complexity index is 392. The summed E-state index contributed by atoms with van der Waals surface area (Å²) in [5.74, 6) is -0.342. The molecule has 0 saturated heterocycles. The second-order valence-electron chi connectivity index (χ2n) is 4.43. The van der Waals surface area contributed by atoms with Gasteiger partial charge in [-0.2, -0.15) is 0 Å². The highest BCUT2D eigenvalue weighted by Gasteiger charge is 2.15. The van der Waals surface area contributed by atoms with Gasteiger partial charge in [0.1, 0.15) is 5.82 Å². The molecule has 0 saturated carbocycles. The van der Waals surface area contributed by atoms with E-state index in [1.165, 1.54) is 6.07 Å². The van der Waals surface area contributed by atoms with E-state index in [1.807, 2.05) is 0 Å². The fraction of sp³-hybridized carbons (Fsp3) is 0.429. The SMILES string of the molecule is OC(CNC1CC=CCC1)c1ccccc1F. The highest BCUT2D eigenvalue weighted by molar-refractivity contribution is 5.20. The number of aliphatic hydroxyl groups is 1. The molecule has 0 radical (unpaired) electrons. The van der Waals surface area contributed by atoms with Crippen LogP contribution >= 0.6 is 0 Å². The number of rotatable bonds is 4. The second-order valence-corrected chi connectivity index (χ2v) is 4.43. The Morgan fingerprint density at radius 1 is 1.35 bits per heavy atom. The van der Waals surface area contributed by atoms with E-state index >= 15 is 0 Å².